The van der Waals surface area contributed by atoms with E-state index >= 15 is 0 Å². The molecule has 6 heteroatoms. The van der Waals surface area contributed by atoms with E-state index in [2.05, 4.69) is 14.9 Å². The Balaban J connectivity index is 2.00. The zero-order valence-corrected chi connectivity index (χ0v) is 10.9. The van der Waals surface area contributed by atoms with Crippen LogP contribution in [0.25, 0.3) is 5.65 Å². The van der Waals surface area contributed by atoms with Crippen LogP contribution < -0.4 is 10.6 Å². The average Bonchev–Trinajstić information content (AvgIpc) is 2.78. The van der Waals surface area contributed by atoms with Gasteiger partial charge in [-0.15, -0.1) is 0 Å². The van der Waals surface area contributed by atoms with Gasteiger partial charge in [-0.1, -0.05) is 0 Å². The highest BCUT2D eigenvalue weighted by Gasteiger charge is 2.27. The molecule has 1 saturated carbocycles. The summed E-state index contributed by atoms with van der Waals surface area (Å²) in [5, 5.41) is 9.07. The van der Waals surface area contributed by atoms with Crippen LogP contribution >= 0.6 is 0 Å². The van der Waals surface area contributed by atoms with E-state index in [4.69, 9.17) is 10.8 Å². The summed E-state index contributed by atoms with van der Waals surface area (Å²) < 4.78 is 1.91. The van der Waals surface area contributed by atoms with Crippen molar-refractivity contribution in [3.05, 3.63) is 18.6 Å². The number of nitrogens with zero attached hydrogens (tertiary/aromatic N) is 4. The van der Waals surface area contributed by atoms with Gasteiger partial charge in [0.15, 0.2) is 11.5 Å². The summed E-state index contributed by atoms with van der Waals surface area (Å²) in [4.78, 5) is 11.1. The van der Waals surface area contributed by atoms with Gasteiger partial charge in [-0.3, -0.25) is 0 Å². The predicted molar refractivity (Wildman–Crippen MR) is 74.1 cm³/mol. The number of aliphatic hydroxyl groups excluding tert-OH is 1. The molecule has 2 heterocycles. The highest BCUT2D eigenvalue weighted by atomic mass is 16.3. The molecular formula is C13H19N5O. The van der Waals surface area contributed by atoms with Crippen molar-refractivity contribution >= 4 is 17.3 Å². The number of rotatable bonds is 5. The molecule has 3 N–H and O–H groups in total. The number of aliphatic hydroxyl groups is 1. The fraction of sp³-hybridized carbons (Fsp3) is 0.538. The van der Waals surface area contributed by atoms with E-state index < -0.39 is 0 Å². The Morgan fingerprint density at radius 1 is 1.47 bits per heavy atom. The Morgan fingerprint density at radius 3 is 3.00 bits per heavy atom. The fourth-order valence-electron chi connectivity index (χ4n) is 2.53. The van der Waals surface area contributed by atoms with Crippen LogP contribution in [-0.2, 0) is 0 Å². The van der Waals surface area contributed by atoms with Crippen molar-refractivity contribution in [3.63, 3.8) is 0 Å². The summed E-state index contributed by atoms with van der Waals surface area (Å²) in [6.07, 6.45) is 9.75. The topological polar surface area (TPSA) is 79.7 Å². The van der Waals surface area contributed by atoms with Gasteiger partial charge in [0.2, 0.25) is 0 Å². The van der Waals surface area contributed by atoms with Gasteiger partial charge in [0, 0.05) is 31.6 Å². The van der Waals surface area contributed by atoms with Crippen LogP contribution in [0.2, 0.25) is 0 Å². The lowest BCUT2D eigenvalue weighted by Crippen LogP contribution is -2.42. The molecule has 0 bridgehead atoms. The molecule has 0 unspecified atom stereocenters. The minimum atomic E-state index is 0.191. The second kappa shape index (κ2) is 5.05. The predicted octanol–water partition coefficient (Wildman–Crippen LogP) is 1.05. The largest absolute Gasteiger partial charge is 0.396 e. The van der Waals surface area contributed by atoms with Gasteiger partial charge >= 0.3 is 0 Å². The molecule has 2 aromatic heterocycles. The average molecular weight is 261 g/mol. The molecule has 0 amide bonds. The first kappa shape index (κ1) is 12.2. The monoisotopic (exact) mass is 261 g/mol. The lowest BCUT2D eigenvalue weighted by Gasteiger charge is -2.38. The third-order valence-corrected chi connectivity index (χ3v) is 3.72. The second-order valence-electron chi connectivity index (χ2n) is 5.00. The minimum absolute atomic E-state index is 0.191. The Bertz CT molecular complexity index is 563. The summed E-state index contributed by atoms with van der Waals surface area (Å²) in [6, 6.07) is 0.501. The third-order valence-electron chi connectivity index (χ3n) is 3.72. The number of aromatic nitrogens is 3. The Morgan fingerprint density at radius 2 is 2.32 bits per heavy atom. The molecule has 19 heavy (non-hydrogen) atoms. The number of hydrogen-bond acceptors (Lipinski definition) is 5. The number of anilines is 2. The molecule has 0 aliphatic heterocycles. The molecule has 0 aromatic carbocycles. The second-order valence-corrected chi connectivity index (χ2v) is 5.00. The van der Waals surface area contributed by atoms with Crippen molar-refractivity contribution in [2.45, 2.75) is 31.7 Å². The zero-order valence-electron chi connectivity index (χ0n) is 10.9. The summed E-state index contributed by atoms with van der Waals surface area (Å²) in [6.45, 7) is 0.983. The van der Waals surface area contributed by atoms with Gasteiger partial charge in [0.05, 0.1) is 6.20 Å². The zero-order chi connectivity index (χ0) is 13.2. The maximum Gasteiger partial charge on any atom is 0.180 e. The van der Waals surface area contributed by atoms with E-state index in [1.165, 1.54) is 19.3 Å². The first-order valence-corrected chi connectivity index (χ1v) is 6.76. The molecule has 2 aromatic rings. The molecule has 0 saturated heterocycles. The summed E-state index contributed by atoms with van der Waals surface area (Å²) >= 11 is 0. The van der Waals surface area contributed by atoms with Crippen LogP contribution in [0, 0.1) is 0 Å². The van der Waals surface area contributed by atoms with E-state index in [-0.39, 0.29) is 6.61 Å². The lowest BCUT2D eigenvalue weighted by molar-refractivity contribution is 0.282. The molecule has 0 spiro atoms. The SMILES string of the molecule is Nc1cn2ccnc2c(N(CCCO)C2CCC2)n1. The molecule has 3 rings (SSSR count). The molecule has 0 atom stereocenters. The van der Waals surface area contributed by atoms with Crippen molar-refractivity contribution in [2.24, 2.45) is 0 Å². The van der Waals surface area contributed by atoms with Crippen LogP contribution in [0.1, 0.15) is 25.7 Å². The standard InChI is InChI=1S/C13H19N5O/c14-11-9-17-7-5-15-12(17)13(16-11)18(6-2-8-19)10-3-1-4-10/h5,7,9-10,19H,1-4,6,8,14H2. The Kier molecular flexibility index (Phi) is 3.25. The molecule has 0 radical (unpaired) electrons. The maximum atomic E-state index is 9.07. The Hall–Kier alpha value is -1.82. The first-order chi connectivity index (χ1) is 9.29. The van der Waals surface area contributed by atoms with Gasteiger partial charge in [0.1, 0.15) is 5.82 Å². The molecule has 1 aliphatic carbocycles. The minimum Gasteiger partial charge on any atom is -0.396 e. The van der Waals surface area contributed by atoms with Gasteiger partial charge in [-0.05, 0) is 25.7 Å². The van der Waals surface area contributed by atoms with Crippen LogP contribution in [-0.4, -0.2) is 38.7 Å². The first-order valence-electron chi connectivity index (χ1n) is 6.76. The highest BCUT2D eigenvalue weighted by molar-refractivity contribution is 5.67. The molecular weight excluding hydrogens is 242 g/mol. The lowest BCUT2D eigenvalue weighted by atomic mass is 9.91. The van der Waals surface area contributed by atoms with Gasteiger partial charge < -0.3 is 20.1 Å². The molecule has 6 nitrogen and oxygen atoms in total. The van der Waals surface area contributed by atoms with Crippen LogP contribution in [0.5, 0.6) is 0 Å². The fourth-order valence-corrected chi connectivity index (χ4v) is 2.53. The maximum absolute atomic E-state index is 9.07. The molecule has 1 aliphatic rings. The van der Waals surface area contributed by atoms with Crippen LogP contribution in [0.4, 0.5) is 11.6 Å². The number of hydrogen-bond donors (Lipinski definition) is 2. The highest BCUT2D eigenvalue weighted by Crippen LogP contribution is 2.31. The van der Waals surface area contributed by atoms with E-state index in [0.717, 1.165) is 24.4 Å². The van der Waals surface area contributed by atoms with Crippen molar-refractivity contribution < 1.29 is 5.11 Å². The quantitative estimate of drug-likeness (QED) is 0.841. The van der Waals surface area contributed by atoms with Gasteiger partial charge in [0.25, 0.3) is 0 Å². The summed E-state index contributed by atoms with van der Waals surface area (Å²) in [7, 11) is 0. The van der Waals surface area contributed by atoms with E-state index in [9.17, 15) is 0 Å². The number of imidazole rings is 1. The van der Waals surface area contributed by atoms with E-state index in [1.807, 2.05) is 10.6 Å². The molecule has 1 fully saturated rings. The van der Waals surface area contributed by atoms with Crippen molar-refractivity contribution in [1.29, 1.82) is 0 Å². The number of nitrogen functional groups attached to an aromatic ring is 1. The van der Waals surface area contributed by atoms with E-state index in [0.29, 0.717) is 11.9 Å². The van der Waals surface area contributed by atoms with Crippen LogP contribution in [0.15, 0.2) is 18.6 Å². The number of nitrogens with two attached hydrogens (primary N) is 1. The van der Waals surface area contributed by atoms with Gasteiger partial charge in [-0.25, -0.2) is 9.97 Å². The normalized spacial score (nSPS) is 15.6. The van der Waals surface area contributed by atoms with Crippen molar-refractivity contribution in [3.8, 4) is 0 Å². The van der Waals surface area contributed by atoms with Crippen LogP contribution in [0.3, 0.4) is 0 Å². The number of fused-ring (bicyclic) bond motifs is 1. The third kappa shape index (κ3) is 2.23. The molecule has 102 valence electrons. The summed E-state index contributed by atoms with van der Waals surface area (Å²) in [5.41, 5.74) is 6.71. The Labute approximate surface area is 111 Å². The van der Waals surface area contributed by atoms with E-state index in [1.54, 1.807) is 12.4 Å². The summed E-state index contributed by atoms with van der Waals surface area (Å²) in [5.74, 6) is 1.33. The van der Waals surface area contributed by atoms with Crippen molar-refractivity contribution in [1.82, 2.24) is 14.4 Å². The van der Waals surface area contributed by atoms with Gasteiger partial charge in [-0.2, -0.15) is 0 Å². The van der Waals surface area contributed by atoms with Crippen molar-refractivity contribution in [2.75, 3.05) is 23.8 Å². The smallest absolute Gasteiger partial charge is 0.180 e.